The Morgan fingerprint density at radius 3 is 2.81 bits per heavy atom. The highest BCUT2D eigenvalue weighted by Gasteiger charge is 2.39. The van der Waals surface area contributed by atoms with Crippen LogP contribution in [0.5, 0.6) is 0 Å². The minimum Gasteiger partial charge on any atom is -0.460 e. The van der Waals surface area contributed by atoms with E-state index in [4.69, 9.17) is 18.4 Å². The van der Waals surface area contributed by atoms with Crippen LogP contribution in [0, 0.1) is 18.8 Å². The number of aromatic nitrogens is 2. The van der Waals surface area contributed by atoms with Crippen LogP contribution in [0.2, 0.25) is 0 Å². The van der Waals surface area contributed by atoms with Crippen LogP contribution >= 0.6 is 0 Å². The van der Waals surface area contributed by atoms with E-state index in [1.165, 1.54) is 23.1 Å². The molecule has 15 heteroatoms. The number of allylic oxidation sites excluding steroid dienone is 2. The van der Waals surface area contributed by atoms with Gasteiger partial charge in [0.15, 0.2) is 17.4 Å². The maximum atomic E-state index is 14.8. The number of ether oxygens (including phenoxy) is 2. The molecule has 0 aliphatic carbocycles. The van der Waals surface area contributed by atoms with Gasteiger partial charge in [0.1, 0.15) is 30.3 Å². The Bertz CT molecular complexity index is 1530. The van der Waals surface area contributed by atoms with Gasteiger partial charge in [-0.2, -0.15) is 0 Å². The van der Waals surface area contributed by atoms with Gasteiger partial charge >= 0.3 is 12.1 Å². The number of anilines is 1. The van der Waals surface area contributed by atoms with Crippen molar-refractivity contribution >= 4 is 29.7 Å². The van der Waals surface area contributed by atoms with Crippen LogP contribution in [-0.4, -0.2) is 88.1 Å². The summed E-state index contributed by atoms with van der Waals surface area (Å²) in [5.74, 6) is -2.03. The molecule has 0 aromatic carbocycles. The molecule has 2 aromatic rings. The summed E-state index contributed by atoms with van der Waals surface area (Å²) < 4.78 is 36.4. The number of esters is 1. The van der Waals surface area contributed by atoms with Crippen LogP contribution < -0.4 is 10.6 Å². The van der Waals surface area contributed by atoms with Crippen molar-refractivity contribution in [1.82, 2.24) is 20.4 Å². The summed E-state index contributed by atoms with van der Waals surface area (Å²) in [4.78, 5) is 57.5. The molecule has 6 atom stereocenters. The number of fused-ring (bicyclic) bond motifs is 3. The summed E-state index contributed by atoms with van der Waals surface area (Å²) in [7, 11) is 0. The van der Waals surface area contributed by atoms with Crippen molar-refractivity contribution in [1.29, 1.82) is 0 Å². The van der Waals surface area contributed by atoms with Crippen molar-refractivity contribution in [3.8, 4) is 0 Å². The number of aryl methyl sites for hydroxylation is 1. The fourth-order valence-electron chi connectivity index (χ4n) is 5.50. The first-order valence-electron chi connectivity index (χ1n) is 15.9. The maximum Gasteiger partial charge on any atom is 0.412 e. The van der Waals surface area contributed by atoms with Crippen molar-refractivity contribution in [3.05, 3.63) is 65.6 Å². The molecule has 2 aromatic heterocycles. The van der Waals surface area contributed by atoms with Gasteiger partial charge in [0.05, 0.1) is 19.1 Å². The number of aliphatic hydroxyl groups excluding tert-OH is 1. The fourth-order valence-corrected chi connectivity index (χ4v) is 5.50. The third-order valence-corrected chi connectivity index (χ3v) is 7.90. The summed E-state index contributed by atoms with van der Waals surface area (Å²) in [6, 6.07) is 0.590. The zero-order valence-corrected chi connectivity index (χ0v) is 27.4. The zero-order chi connectivity index (χ0) is 34.8. The van der Waals surface area contributed by atoms with Crippen molar-refractivity contribution in [2.75, 3.05) is 25.0 Å². The Labute approximate surface area is 277 Å². The average Bonchev–Trinajstić information content (AvgIpc) is 3.80. The molecule has 1 saturated heterocycles. The van der Waals surface area contributed by atoms with Gasteiger partial charge < -0.3 is 33.7 Å². The number of rotatable bonds is 4. The Balaban J connectivity index is 1.54. The first-order chi connectivity index (χ1) is 22.9. The SMILES string of the molecule is CC1=C\[C@@H](O)C[C@@H](F)Cc2nc(co2)C(=O)N2CCC[C@@H]2C(=O)O[C@H]([C@H](C)COC(=O)Nc2cc(C)on2)[C@H](C)/C=C/C(=O)NC\C=C\1. The van der Waals surface area contributed by atoms with Crippen LogP contribution in [0.3, 0.4) is 0 Å². The fraction of sp³-hybridized carbons (Fsp3) is 0.515. The third kappa shape index (κ3) is 10.4. The van der Waals surface area contributed by atoms with Crippen LogP contribution in [0.4, 0.5) is 15.0 Å². The number of hydrogen-bond acceptors (Lipinski definition) is 11. The highest BCUT2D eigenvalue weighted by Crippen LogP contribution is 2.26. The van der Waals surface area contributed by atoms with E-state index in [1.807, 2.05) is 0 Å². The summed E-state index contributed by atoms with van der Waals surface area (Å²) in [5, 5.41) is 19.2. The number of halogens is 1. The maximum absolute atomic E-state index is 14.8. The highest BCUT2D eigenvalue weighted by molar-refractivity contribution is 5.95. The molecule has 0 radical (unpaired) electrons. The number of nitrogens with zero attached hydrogens (tertiary/aromatic N) is 3. The summed E-state index contributed by atoms with van der Waals surface area (Å²) in [5.41, 5.74) is 0.590. The van der Waals surface area contributed by atoms with Gasteiger partial charge in [-0.05, 0) is 32.8 Å². The van der Waals surface area contributed by atoms with E-state index in [1.54, 1.807) is 45.9 Å². The number of amides is 3. The second-order valence-electron chi connectivity index (χ2n) is 12.1. The van der Waals surface area contributed by atoms with E-state index < -0.39 is 60.1 Å². The lowest BCUT2D eigenvalue weighted by atomic mass is 9.93. The molecular formula is C33H42FN5O9. The van der Waals surface area contributed by atoms with Gasteiger partial charge in [-0.15, -0.1) is 0 Å². The summed E-state index contributed by atoms with van der Waals surface area (Å²) in [6.07, 6.45) is 5.08. The molecule has 0 unspecified atom stereocenters. The standard InChI is InChI=1S/C33H42FN5O9/c1-19-7-5-11-35-28(41)10-9-20(2)30(21(3)17-46-33(44)37-27-14-22(4)48-38-27)47-32(43)26-8-6-12-39(26)31(42)25-18-45-29(36-25)16-23(34)15-24(40)13-19/h5,7,9-10,13-14,18,20-21,23-24,26,30,40H,6,8,11-12,15-17H2,1-4H3,(H,35,41)(H,37,38,44)/b7-5+,10-9+,19-13+/t20-,21-,23-,24-,26-,30+/m1/s1. The lowest BCUT2D eigenvalue weighted by Gasteiger charge is -2.30. The zero-order valence-electron chi connectivity index (χ0n) is 27.4. The van der Waals surface area contributed by atoms with Crippen molar-refractivity contribution < 1.29 is 47.1 Å². The van der Waals surface area contributed by atoms with Crippen LogP contribution in [0.25, 0.3) is 0 Å². The molecule has 1 fully saturated rings. The van der Waals surface area contributed by atoms with Gasteiger partial charge in [0.25, 0.3) is 5.91 Å². The monoisotopic (exact) mass is 671 g/mol. The number of cyclic esters (lactones) is 1. The summed E-state index contributed by atoms with van der Waals surface area (Å²) in [6.45, 7) is 7.19. The molecule has 3 amide bonds. The van der Waals surface area contributed by atoms with Gasteiger partial charge in [-0.3, -0.25) is 14.9 Å². The molecule has 0 saturated carbocycles. The molecule has 3 N–H and O–H groups in total. The average molecular weight is 672 g/mol. The largest absolute Gasteiger partial charge is 0.460 e. The van der Waals surface area contributed by atoms with E-state index >= 15 is 0 Å². The first kappa shape index (κ1) is 36.1. The number of oxazole rings is 1. The van der Waals surface area contributed by atoms with E-state index in [0.29, 0.717) is 24.2 Å². The van der Waals surface area contributed by atoms with Gasteiger partial charge in [0, 0.05) is 37.4 Å². The molecule has 2 aliphatic heterocycles. The number of nitrogens with one attached hydrogen (secondary N) is 2. The van der Waals surface area contributed by atoms with Gasteiger partial charge in [0.2, 0.25) is 5.91 Å². The van der Waals surface area contributed by atoms with Crippen molar-refractivity contribution in [2.24, 2.45) is 11.8 Å². The number of alkyl halides is 1. The van der Waals surface area contributed by atoms with Gasteiger partial charge in [-0.25, -0.2) is 19.0 Å². The van der Waals surface area contributed by atoms with Crippen molar-refractivity contribution in [2.45, 2.75) is 77.8 Å². The third-order valence-electron chi connectivity index (χ3n) is 7.90. The highest BCUT2D eigenvalue weighted by atomic mass is 19.1. The Morgan fingerprint density at radius 1 is 1.27 bits per heavy atom. The molecule has 0 spiro atoms. The topological polar surface area (TPSA) is 186 Å². The number of carbonyl (C=O) groups is 4. The smallest absolute Gasteiger partial charge is 0.412 e. The van der Waals surface area contributed by atoms with Crippen LogP contribution in [-0.2, 0) is 25.5 Å². The van der Waals surface area contributed by atoms with Crippen LogP contribution in [0.1, 0.15) is 62.2 Å². The molecule has 14 nitrogen and oxygen atoms in total. The van der Waals surface area contributed by atoms with Gasteiger partial charge in [-0.1, -0.05) is 48.9 Å². The Kier molecular flexibility index (Phi) is 12.7. The quantitative estimate of drug-likeness (QED) is 0.401. The lowest BCUT2D eigenvalue weighted by Crippen LogP contribution is -2.44. The second kappa shape index (κ2) is 16.9. The molecule has 260 valence electrons. The molecule has 2 bridgehead atoms. The first-order valence-corrected chi connectivity index (χ1v) is 15.9. The summed E-state index contributed by atoms with van der Waals surface area (Å²) >= 11 is 0. The van der Waals surface area contributed by atoms with E-state index in [-0.39, 0.29) is 49.9 Å². The van der Waals surface area contributed by atoms with E-state index in [0.717, 1.165) is 6.26 Å². The van der Waals surface area contributed by atoms with Crippen LogP contribution in [0.15, 0.2) is 57.2 Å². The molecule has 4 heterocycles. The Morgan fingerprint density at radius 2 is 2.06 bits per heavy atom. The van der Waals surface area contributed by atoms with E-state index in [2.05, 4.69) is 20.8 Å². The minimum absolute atomic E-state index is 0.0108. The molecule has 2 aliphatic rings. The lowest BCUT2D eigenvalue weighted by molar-refractivity contribution is -0.159. The molecule has 4 rings (SSSR count). The normalized spacial score (nSPS) is 27.9. The van der Waals surface area contributed by atoms with E-state index in [9.17, 15) is 28.7 Å². The Hall–Kier alpha value is -4.79. The molecule has 48 heavy (non-hydrogen) atoms. The number of hydrogen-bond donors (Lipinski definition) is 3. The van der Waals surface area contributed by atoms with Crippen molar-refractivity contribution in [3.63, 3.8) is 0 Å². The molecular weight excluding hydrogens is 629 g/mol. The predicted molar refractivity (Wildman–Crippen MR) is 169 cm³/mol. The number of carbonyl (C=O) groups excluding carboxylic acids is 4. The number of aliphatic hydroxyl groups is 1. The predicted octanol–water partition coefficient (Wildman–Crippen LogP) is 3.83. The minimum atomic E-state index is -1.50. The second-order valence-corrected chi connectivity index (χ2v) is 12.1.